The summed E-state index contributed by atoms with van der Waals surface area (Å²) in [6.45, 7) is -0.0201. The number of carbonyl (C=O) groups excluding carboxylic acids is 2. The Hall–Kier alpha value is -5.58. The lowest BCUT2D eigenvalue weighted by Gasteiger charge is -2.32. The van der Waals surface area contributed by atoms with E-state index in [1.807, 2.05) is 54.6 Å². The van der Waals surface area contributed by atoms with Crippen molar-refractivity contribution in [3.05, 3.63) is 102 Å². The average Bonchev–Trinajstić information content (AvgIpc) is 3.47. The number of carbonyl (C=O) groups is 2. The van der Waals surface area contributed by atoms with Crippen LogP contribution in [0.3, 0.4) is 0 Å². The molecule has 1 aromatic heterocycles. The van der Waals surface area contributed by atoms with Gasteiger partial charge in [-0.2, -0.15) is 0 Å². The zero-order valence-corrected chi connectivity index (χ0v) is 24.9. The van der Waals surface area contributed by atoms with Gasteiger partial charge >= 0.3 is 0 Å². The Labute approximate surface area is 254 Å². The van der Waals surface area contributed by atoms with E-state index in [9.17, 15) is 9.59 Å². The highest BCUT2D eigenvalue weighted by Crippen LogP contribution is 2.41. The first-order chi connectivity index (χ1) is 21.4. The fraction of sp³-hybridized carbons (Fsp3) is 0.212. The molecule has 0 spiro atoms. The number of para-hydroxylation sites is 1. The van der Waals surface area contributed by atoms with Crippen LogP contribution in [0.4, 0.5) is 5.69 Å². The number of ether oxygens (including phenoxy) is 4. The molecule has 0 aliphatic heterocycles. The number of anilines is 1. The summed E-state index contributed by atoms with van der Waals surface area (Å²) in [5.41, 5.74) is 3.18. The van der Waals surface area contributed by atoms with Crippen LogP contribution in [0.5, 0.6) is 23.0 Å². The second-order valence-corrected chi connectivity index (χ2v) is 9.82. The molecule has 5 aromatic rings. The quantitative estimate of drug-likeness (QED) is 0.217. The van der Waals surface area contributed by atoms with Crippen molar-refractivity contribution in [2.75, 3.05) is 33.8 Å². The molecule has 0 radical (unpaired) electrons. The van der Waals surface area contributed by atoms with E-state index in [1.54, 1.807) is 43.5 Å². The van der Waals surface area contributed by atoms with E-state index in [1.165, 1.54) is 30.9 Å². The number of fused-ring (bicyclic) bond motifs is 1. The van der Waals surface area contributed by atoms with Gasteiger partial charge in [-0.05, 0) is 59.7 Å². The number of nitrogens with zero attached hydrogens (tertiary/aromatic N) is 4. The zero-order valence-electron chi connectivity index (χ0n) is 24.9. The molecule has 1 atom stereocenters. The van der Waals surface area contributed by atoms with Crippen molar-refractivity contribution in [1.82, 2.24) is 19.9 Å². The summed E-state index contributed by atoms with van der Waals surface area (Å²) in [6.07, 6.45) is 0. The molecule has 0 unspecified atom stereocenters. The predicted molar refractivity (Wildman–Crippen MR) is 165 cm³/mol. The smallest absolute Gasteiger partial charge is 0.251 e. The number of hydrogen-bond acceptors (Lipinski definition) is 8. The van der Waals surface area contributed by atoms with E-state index in [4.69, 9.17) is 18.9 Å². The van der Waals surface area contributed by atoms with Gasteiger partial charge in [0.05, 0.1) is 34.0 Å². The van der Waals surface area contributed by atoms with Gasteiger partial charge in [-0.1, -0.05) is 47.7 Å². The van der Waals surface area contributed by atoms with Crippen LogP contribution in [-0.4, -0.2) is 60.1 Å². The number of nitrogens with one attached hydrogen (secondary N) is 1. The first kappa shape index (κ1) is 29.9. The van der Waals surface area contributed by atoms with Gasteiger partial charge < -0.3 is 29.2 Å². The van der Waals surface area contributed by atoms with Crippen molar-refractivity contribution in [2.45, 2.75) is 19.1 Å². The second-order valence-electron chi connectivity index (χ2n) is 9.82. The van der Waals surface area contributed by atoms with E-state index in [0.717, 1.165) is 5.56 Å². The van der Waals surface area contributed by atoms with Crippen LogP contribution < -0.4 is 24.3 Å². The van der Waals surface area contributed by atoms with Crippen LogP contribution in [0.1, 0.15) is 17.2 Å². The first-order valence-electron chi connectivity index (χ1n) is 13.8. The summed E-state index contributed by atoms with van der Waals surface area (Å²) in [6, 6.07) is 26.0. The highest BCUT2D eigenvalue weighted by molar-refractivity contribution is 5.98. The maximum absolute atomic E-state index is 14.3. The largest absolute Gasteiger partial charge is 0.497 e. The molecule has 0 saturated heterocycles. The van der Waals surface area contributed by atoms with Gasteiger partial charge in [0, 0.05) is 12.2 Å². The topological polar surface area (TPSA) is 117 Å². The van der Waals surface area contributed by atoms with Gasteiger partial charge in [-0.25, -0.2) is 4.68 Å². The molecular formula is C33H33N5O6. The van der Waals surface area contributed by atoms with Crippen molar-refractivity contribution in [2.24, 2.45) is 0 Å². The maximum Gasteiger partial charge on any atom is 0.251 e. The van der Waals surface area contributed by atoms with E-state index < -0.39 is 11.9 Å². The Morgan fingerprint density at radius 3 is 2.11 bits per heavy atom. The normalized spacial score (nSPS) is 11.5. The van der Waals surface area contributed by atoms with Crippen LogP contribution in [0.15, 0.2) is 91.0 Å². The Bertz CT molecular complexity index is 1710. The van der Waals surface area contributed by atoms with E-state index >= 15 is 0 Å². The third-order valence-corrected chi connectivity index (χ3v) is 7.14. The second kappa shape index (κ2) is 13.6. The minimum atomic E-state index is -1.12. The van der Waals surface area contributed by atoms with Gasteiger partial charge in [-0.3, -0.25) is 9.59 Å². The number of rotatable bonds is 12. The Kier molecular flexibility index (Phi) is 9.24. The maximum atomic E-state index is 14.3. The first-order valence-corrected chi connectivity index (χ1v) is 13.8. The van der Waals surface area contributed by atoms with Crippen molar-refractivity contribution < 1.29 is 28.5 Å². The Balaban J connectivity index is 1.62. The van der Waals surface area contributed by atoms with Crippen LogP contribution in [0.2, 0.25) is 0 Å². The minimum Gasteiger partial charge on any atom is -0.497 e. The fourth-order valence-electron chi connectivity index (χ4n) is 4.97. The number of amides is 2. The Morgan fingerprint density at radius 2 is 1.48 bits per heavy atom. The van der Waals surface area contributed by atoms with Gasteiger partial charge in [-0.15, -0.1) is 5.10 Å². The molecule has 2 amide bonds. The highest BCUT2D eigenvalue weighted by atomic mass is 16.5. The molecule has 1 N–H and O–H groups in total. The molecule has 4 aromatic carbocycles. The molecule has 0 fully saturated rings. The summed E-state index contributed by atoms with van der Waals surface area (Å²) in [7, 11) is 6.06. The van der Waals surface area contributed by atoms with Gasteiger partial charge in [0.1, 0.15) is 23.9 Å². The van der Waals surface area contributed by atoms with Crippen molar-refractivity contribution in [3.63, 3.8) is 0 Å². The van der Waals surface area contributed by atoms with Crippen molar-refractivity contribution in [1.29, 1.82) is 0 Å². The lowest BCUT2D eigenvalue weighted by molar-refractivity contribution is -0.140. The molecule has 0 aliphatic carbocycles. The lowest BCUT2D eigenvalue weighted by atomic mass is 10.0. The van der Waals surface area contributed by atoms with E-state index in [0.29, 0.717) is 45.3 Å². The zero-order chi connectivity index (χ0) is 31.1. The van der Waals surface area contributed by atoms with Crippen molar-refractivity contribution in [3.8, 4) is 23.0 Å². The van der Waals surface area contributed by atoms with Crippen LogP contribution >= 0.6 is 0 Å². The summed E-state index contributed by atoms with van der Waals surface area (Å²) < 4.78 is 23.5. The van der Waals surface area contributed by atoms with E-state index in [-0.39, 0.29) is 19.0 Å². The van der Waals surface area contributed by atoms with Gasteiger partial charge in [0.25, 0.3) is 5.91 Å². The SMILES string of the molecule is COc1ccc(NC(=O)[C@@H](c2cc(OC)c(OC)c(OC)c2)N(Cc2ccccc2)C(=O)Cn2nnc3ccccc32)cc1. The highest BCUT2D eigenvalue weighted by Gasteiger charge is 2.34. The van der Waals surface area contributed by atoms with Gasteiger partial charge in [0.2, 0.25) is 11.7 Å². The summed E-state index contributed by atoms with van der Waals surface area (Å²) >= 11 is 0. The van der Waals surface area contributed by atoms with Crippen LogP contribution in [-0.2, 0) is 22.7 Å². The molecule has 11 heteroatoms. The molecule has 5 rings (SSSR count). The van der Waals surface area contributed by atoms with E-state index in [2.05, 4.69) is 15.6 Å². The molecule has 226 valence electrons. The third kappa shape index (κ3) is 6.41. The average molecular weight is 596 g/mol. The fourth-order valence-corrected chi connectivity index (χ4v) is 4.97. The molecule has 1 heterocycles. The predicted octanol–water partition coefficient (Wildman–Crippen LogP) is 4.87. The summed E-state index contributed by atoms with van der Waals surface area (Å²) in [5, 5.41) is 11.4. The monoisotopic (exact) mass is 595 g/mol. The molecule has 0 aliphatic rings. The lowest BCUT2D eigenvalue weighted by Crippen LogP contribution is -2.42. The van der Waals surface area contributed by atoms with Crippen LogP contribution in [0.25, 0.3) is 11.0 Å². The molecule has 0 bridgehead atoms. The molecule has 44 heavy (non-hydrogen) atoms. The van der Waals surface area contributed by atoms with Crippen molar-refractivity contribution >= 4 is 28.5 Å². The standard InChI is InChI=1S/C33H33N5O6/c1-41-25-16-14-24(15-17-25)34-33(40)31(23-18-28(42-2)32(44-4)29(19-23)43-3)37(20-22-10-6-5-7-11-22)30(39)21-38-27-13-9-8-12-26(27)35-36-38/h5-19,31H,20-21H2,1-4H3,(H,34,40)/t31-/m1/s1. The van der Waals surface area contributed by atoms with Crippen LogP contribution in [0, 0.1) is 0 Å². The molecule has 11 nitrogen and oxygen atoms in total. The number of hydrogen-bond donors (Lipinski definition) is 1. The van der Waals surface area contributed by atoms with Gasteiger partial charge in [0.15, 0.2) is 11.5 Å². The number of methoxy groups -OCH3 is 4. The molecule has 0 saturated carbocycles. The number of benzene rings is 4. The molecular weight excluding hydrogens is 562 g/mol. The third-order valence-electron chi connectivity index (χ3n) is 7.14. The minimum absolute atomic E-state index is 0.129. The number of aromatic nitrogens is 3. The summed E-state index contributed by atoms with van der Waals surface area (Å²) in [5.74, 6) is 0.899. The Morgan fingerprint density at radius 1 is 0.818 bits per heavy atom. The summed E-state index contributed by atoms with van der Waals surface area (Å²) in [4.78, 5) is 30.1.